The molecule has 1 amide bonds. The highest BCUT2D eigenvalue weighted by atomic mass is 19.1. The van der Waals surface area contributed by atoms with E-state index in [9.17, 15) is 29.6 Å². The lowest BCUT2D eigenvalue weighted by molar-refractivity contribution is -0.274. The van der Waals surface area contributed by atoms with Crippen LogP contribution in [0.25, 0.3) is 0 Å². The van der Waals surface area contributed by atoms with Gasteiger partial charge in [-0.05, 0) is 32.1 Å². The number of carbonyl (C=O) groups excluding carboxylic acids is 1. The second-order valence-electron chi connectivity index (χ2n) is 12.6. The van der Waals surface area contributed by atoms with E-state index in [1.54, 1.807) is 0 Å². The van der Waals surface area contributed by atoms with Crippen molar-refractivity contribution in [1.82, 2.24) is 5.32 Å². The molecule has 15 atom stereocenters. The van der Waals surface area contributed by atoms with Crippen molar-refractivity contribution in [2.75, 3.05) is 46.6 Å². The molecule has 3 heterocycles. The topological polar surface area (TPSA) is 296 Å². The third kappa shape index (κ3) is 11.1. The van der Waals surface area contributed by atoms with Gasteiger partial charge in [0.15, 0.2) is 18.7 Å². The molecule has 0 aromatic heterocycles. The van der Waals surface area contributed by atoms with Crippen LogP contribution in [0.5, 0.6) is 0 Å². The normalized spacial score (nSPS) is 40.6. The number of hydrogen-bond donors (Lipinski definition) is 10. The molecule has 18 heteroatoms. The lowest BCUT2D eigenvalue weighted by Crippen LogP contribution is -2.63. The third-order valence-electron chi connectivity index (χ3n) is 9.14. The van der Waals surface area contributed by atoms with Gasteiger partial charge >= 0.3 is 0 Å². The highest BCUT2D eigenvalue weighted by Gasteiger charge is 2.47. The molecule has 1 aliphatic carbocycles. The molecule has 17 nitrogen and oxygen atoms in total. The van der Waals surface area contributed by atoms with Gasteiger partial charge in [-0.25, -0.2) is 4.39 Å². The fraction of sp³-hybridized carbons (Fsp3) is 0.966. The van der Waals surface area contributed by atoms with E-state index in [1.807, 2.05) is 0 Å². The molecule has 15 N–H and O–H groups in total. The van der Waals surface area contributed by atoms with Gasteiger partial charge in [0, 0.05) is 57.8 Å². The number of rotatable bonds is 13. The Kier molecular flexibility index (Phi) is 17.0. The third-order valence-corrected chi connectivity index (χ3v) is 9.14. The summed E-state index contributed by atoms with van der Waals surface area (Å²) in [5.41, 5.74) is 28.6. The monoisotopic (exact) mass is 684 g/mol. The van der Waals surface area contributed by atoms with Crippen LogP contribution in [0.2, 0.25) is 0 Å². The molecule has 9 unspecified atom stereocenters. The van der Waals surface area contributed by atoms with E-state index < -0.39 is 98.7 Å². The van der Waals surface area contributed by atoms with Crippen molar-refractivity contribution >= 4 is 5.91 Å². The summed E-state index contributed by atoms with van der Waals surface area (Å²) in [5.74, 6) is -1.17. The Labute approximate surface area is 274 Å². The molecule has 0 spiro atoms. The highest BCUT2D eigenvalue weighted by molar-refractivity contribution is 5.81. The van der Waals surface area contributed by atoms with E-state index in [0.29, 0.717) is 19.1 Å². The summed E-state index contributed by atoms with van der Waals surface area (Å²) in [6.07, 6.45) is -6.59. The minimum Gasteiger partial charge on any atom is -0.394 e. The van der Waals surface area contributed by atoms with Crippen LogP contribution >= 0.6 is 0 Å². The van der Waals surface area contributed by atoms with Crippen molar-refractivity contribution in [3.05, 3.63) is 0 Å². The SMILES string of the molecule is COC[C@@H]1C(N)CC(NC(=O)C(O)C(F)CN)CC1OC1C[C@H](O[C@H]2O[C@@H](CN)[C@@H](O)C(O)[C@H]2N)C(CO)O1.NCC1CCCCO1. The smallest absolute Gasteiger partial charge is 0.252 e. The van der Waals surface area contributed by atoms with E-state index in [0.717, 1.165) is 13.0 Å². The van der Waals surface area contributed by atoms with E-state index in [2.05, 4.69) is 5.32 Å². The van der Waals surface area contributed by atoms with Gasteiger partial charge in [0.1, 0.15) is 30.6 Å². The zero-order valence-electron chi connectivity index (χ0n) is 27.1. The molecule has 4 rings (SSSR count). The fourth-order valence-electron chi connectivity index (χ4n) is 6.31. The minimum absolute atomic E-state index is 0.0725. The van der Waals surface area contributed by atoms with Crippen LogP contribution in [0.1, 0.15) is 38.5 Å². The average molecular weight is 685 g/mol. The van der Waals surface area contributed by atoms with Crippen molar-refractivity contribution in [2.24, 2.45) is 34.6 Å². The number of aliphatic hydroxyl groups is 4. The van der Waals surface area contributed by atoms with Gasteiger partial charge in [0.05, 0.1) is 37.6 Å². The summed E-state index contributed by atoms with van der Waals surface area (Å²) < 4.78 is 48.0. The zero-order chi connectivity index (χ0) is 34.7. The van der Waals surface area contributed by atoms with Crippen molar-refractivity contribution in [1.29, 1.82) is 0 Å². The number of carbonyl (C=O) groups is 1. The summed E-state index contributed by atoms with van der Waals surface area (Å²) >= 11 is 0. The first kappa shape index (κ1) is 40.2. The van der Waals surface area contributed by atoms with Gasteiger partial charge in [-0.15, -0.1) is 0 Å². The Morgan fingerprint density at radius 1 is 1.00 bits per heavy atom. The molecule has 4 fully saturated rings. The molecule has 47 heavy (non-hydrogen) atoms. The number of aliphatic hydroxyl groups excluding tert-OH is 4. The van der Waals surface area contributed by atoms with Crippen molar-refractivity contribution in [3.8, 4) is 0 Å². The second-order valence-corrected chi connectivity index (χ2v) is 12.6. The molecule has 3 saturated heterocycles. The van der Waals surface area contributed by atoms with Gasteiger partial charge in [0.2, 0.25) is 0 Å². The number of nitrogens with one attached hydrogen (secondary N) is 1. The maximum absolute atomic E-state index is 13.7. The minimum atomic E-state index is -1.91. The molecule has 1 saturated carbocycles. The average Bonchev–Trinajstić information content (AvgIpc) is 3.47. The zero-order valence-corrected chi connectivity index (χ0v) is 27.1. The molecule has 4 aliphatic rings. The Morgan fingerprint density at radius 3 is 2.32 bits per heavy atom. The standard InChI is InChI=1S/C23H44FN5O10.C6H13NO/c1-35-8-10-12(27)2-9(29-22(34)19(31)11(24)5-25)3-13(10)36-17-4-14(16(7-30)37-17)38-23-18(28)21(33)20(32)15(6-26)39-23;7-5-6-3-1-2-4-8-6/h9-21,23,30-33H,2-8,25-28H2,1H3,(H,29,34);6H,1-5,7H2/t9?,10-,11?,12?,13?,14+,15+,16?,17?,18-,19?,20-,21?,23+;/m1./s1. The van der Waals surface area contributed by atoms with Gasteiger partial charge in [-0.1, -0.05) is 0 Å². The maximum atomic E-state index is 13.7. The lowest BCUT2D eigenvalue weighted by Gasteiger charge is -2.41. The number of nitrogens with two attached hydrogens (primary N) is 5. The summed E-state index contributed by atoms with van der Waals surface area (Å²) in [6.45, 7) is 0.888. The summed E-state index contributed by atoms with van der Waals surface area (Å²) in [5, 5.41) is 42.7. The predicted molar refractivity (Wildman–Crippen MR) is 165 cm³/mol. The first-order valence-corrected chi connectivity index (χ1v) is 16.4. The van der Waals surface area contributed by atoms with Gasteiger partial charge < -0.3 is 82.8 Å². The van der Waals surface area contributed by atoms with Crippen LogP contribution < -0.4 is 34.0 Å². The molecule has 0 radical (unpaired) electrons. The Balaban J connectivity index is 0.000000653. The number of hydrogen-bond acceptors (Lipinski definition) is 16. The fourth-order valence-corrected chi connectivity index (χ4v) is 6.31. The van der Waals surface area contributed by atoms with Gasteiger partial charge in [0.25, 0.3) is 5.91 Å². The van der Waals surface area contributed by atoms with Crippen molar-refractivity contribution < 1.29 is 58.0 Å². The lowest BCUT2D eigenvalue weighted by atomic mass is 9.80. The first-order chi connectivity index (χ1) is 22.5. The van der Waals surface area contributed by atoms with E-state index in [4.69, 9.17) is 57.1 Å². The highest BCUT2D eigenvalue weighted by Crippen LogP contribution is 2.34. The number of amides is 1. The van der Waals surface area contributed by atoms with Crippen LogP contribution in [0, 0.1) is 5.92 Å². The number of halogens is 1. The number of ether oxygens (including phenoxy) is 6. The van der Waals surface area contributed by atoms with E-state index in [1.165, 1.54) is 20.0 Å². The molecule has 0 aromatic rings. The molecular formula is C29H57FN6O11. The van der Waals surface area contributed by atoms with E-state index >= 15 is 0 Å². The quantitative estimate of drug-likeness (QED) is 0.0876. The Hall–Kier alpha value is -1.20. The maximum Gasteiger partial charge on any atom is 0.252 e. The summed E-state index contributed by atoms with van der Waals surface area (Å²) in [4.78, 5) is 12.3. The molecule has 276 valence electrons. The number of alkyl halides is 1. The van der Waals surface area contributed by atoms with Crippen LogP contribution in [-0.2, 0) is 33.2 Å². The molecule has 3 aliphatic heterocycles. The van der Waals surface area contributed by atoms with Gasteiger partial charge in [-0.3, -0.25) is 4.79 Å². The largest absolute Gasteiger partial charge is 0.394 e. The predicted octanol–water partition coefficient (Wildman–Crippen LogP) is -4.36. The van der Waals surface area contributed by atoms with Crippen LogP contribution in [-0.4, -0.2) is 159 Å². The summed E-state index contributed by atoms with van der Waals surface area (Å²) in [7, 11) is 1.52. The van der Waals surface area contributed by atoms with Crippen LogP contribution in [0.15, 0.2) is 0 Å². The Morgan fingerprint density at radius 2 is 1.74 bits per heavy atom. The van der Waals surface area contributed by atoms with E-state index in [-0.39, 0.29) is 31.9 Å². The first-order valence-electron chi connectivity index (χ1n) is 16.4. The van der Waals surface area contributed by atoms with Crippen LogP contribution in [0.3, 0.4) is 0 Å². The van der Waals surface area contributed by atoms with Crippen molar-refractivity contribution in [3.63, 3.8) is 0 Å². The van der Waals surface area contributed by atoms with Crippen molar-refractivity contribution in [2.45, 2.75) is 124 Å². The number of methoxy groups -OCH3 is 1. The molecular weight excluding hydrogens is 627 g/mol. The molecule has 0 aromatic carbocycles. The molecule has 0 bridgehead atoms. The van der Waals surface area contributed by atoms with Gasteiger partial charge in [-0.2, -0.15) is 0 Å². The summed E-state index contributed by atoms with van der Waals surface area (Å²) in [6, 6.07) is -2.06. The second kappa shape index (κ2) is 19.9. The Bertz CT molecular complexity index is 913. The van der Waals surface area contributed by atoms with Crippen LogP contribution in [0.4, 0.5) is 4.39 Å².